The minimum absolute atomic E-state index is 0.0881. The summed E-state index contributed by atoms with van der Waals surface area (Å²) in [5.74, 6) is -1.73. The van der Waals surface area contributed by atoms with E-state index in [1.165, 1.54) is 56.3 Å². The lowest BCUT2D eigenvalue weighted by Gasteiger charge is -2.35. The van der Waals surface area contributed by atoms with Gasteiger partial charge in [0, 0.05) is 39.0 Å². The number of nitrogens with zero attached hydrogens (tertiary/aromatic N) is 2. The maximum absolute atomic E-state index is 14.0. The number of aromatic nitrogens is 1. The van der Waals surface area contributed by atoms with Gasteiger partial charge in [-0.15, -0.1) is 11.8 Å². The third-order valence-corrected chi connectivity index (χ3v) is 8.82. The first-order chi connectivity index (χ1) is 21.6. The highest BCUT2D eigenvalue weighted by Gasteiger charge is 2.36. The molecule has 0 aliphatic carbocycles. The van der Waals surface area contributed by atoms with E-state index < -0.39 is 41.2 Å². The van der Waals surface area contributed by atoms with Crippen LogP contribution in [0, 0.1) is 11.6 Å². The van der Waals surface area contributed by atoms with Crippen molar-refractivity contribution < 1.29 is 27.8 Å². The Hall–Kier alpha value is -3.97. The van der Waals surface area contributed by atoms with Gasteiger partial charge in [0.2, 0.25) is 0 Å². The van der Waals surface area contributed by atoms with Crippen molar-refractivity contribution in [3.05, 3.63) is 122 Å². The molecule has 0 fully saturated rings. The van der Waals surface area contributed by atoms with Gasteiger partial charge in [-0.05, 0) is 48.9 Å². The van der Waals surface area contributed by atoms with Crippen LogP contribution in [0.25, 0.3) is 0 Å². The minimum Gasteiger partial charge on any atom is -0.466 e. The number of thioether (sulfide) groups is 1. The summed E-state index contributed by atoms with van der Waals surface area (Å²) in [5, 5.41) is 10.0. The smallest absolute Gasteiger partial charge is 0.338 e. The molecule has 9 nitrogen and oxygen atoms in total. The number of allylic oxidation sites excluding steroid dienone is 1. The second-order valence-corrected chi connectivity index (χ2v) is 11.8. The molecule has 2 unspecified atom stereocenters. The van der Waals surface area contributed by atoms with Crippen LogP contribution in [-0.2, 0) is 19.1 Å². The molecule has 3 heterocycles. The van der Waals surface area contributed by atoms with Crippen LogP contribution < -0.4 is 16.0 Å². The number of ether oxygens (including phenoxy) is 2. The number of carbonyl (C=O) groups is 2. The van der Waals surface area contributed by atoms with Gasteiger partial charge in [0.15, 0.2) is 5.84 Å². The molecule has 0 saturated carbocycles. The molecule has 0 spiro atoms. The number of halogens is 4. The fraction of sp³-hybridized carbons (Fsp3) is 0.226. The van der Waals surface area contributed by atoms with E-state index in [1.807, 2.05) is 0 Å². The van der Waals surface area contributed by atoms with Crippen LogP contribution in [-0.4, -0.2) is 48.2 Å². The van der Waals surface area contributed by atoms with Gasteiger partial charge in [0.05, 0.1) is 31.4 Å². The Balaban J connectivity index is 1.52. The number of nitrogens with one attached hydrogen (secondary N) is 3. The molecule has 1 aromatic heterocycles. The molecule has 3 atom stereocenters. The van der Waals surface area contributed by atoms with E-state index >= 15 is 0 Å². The fourth-order valence-electron chi connectivity index (χ4n) is 5.03. The van der Waals surface area contributed by atoms with E-state index in [-0.39, 0.29) is 26.9 Å². The van der Waals surface area contributed by atoms with Crippen LogP contribution in [0.15, 0.2) is 88.3 Å². The molecule has 0 amide bonds. The Morgan fingerprint density at radius 1 is 0.933 bits per heavy atom. The topological polar surface area (TPSA) is 114 Å². The molecular weight excluding hydrogens is 647 g/mol. The quantitative estimate of drug-likeness (QED) is 0.264. The third-order valence-electron chi connectivity index (χ3n) is 7.13. The summed E-state index contributed by atoms with van der Waals surface area (Å²) < 4.78 is 38.0. The van der Waals surface area contributed by atoms with E-state index in [0.29, 0.717) is 34.1 Å². The van der Waals surface area contributed by atoms with Crippen molar-refractivity contribution in [2.75, 3.05) is 20.0 Å². The molecule has 3 N–H and O–H groups in total. The lowest BCUT2D eigenvalue weighted by atomic mass is 9.95. The van der Waals surface area contributed by atoms with Crippen LogP contribution >= 0.6 is 35.0 Å². The predicted molar refractivity (Wildman–Crippen MR) is 168 cm³/mol. The Bertz CT molecular complexity index is 1740. The largest absolute Gasteiger partial charge is 0.466 e. The van der Waals surface area contributed by atoms with Gasteiger partial charge in [-0.25, -0.2) is 18.4 Å². The van der Waals surface area contributed by atoms with E-state index in [1.54, 1.807) is 31.3 Å². The van der Waals surface area contributed by atoms with Gasteiger partial charge in [0.1, 0.15) is 28.9 Å². The number of esters is 2. The molecule has 2 aliphatic rings. The maximum atomic E-state index is 14.0. The number of hydrogen-bond acceptors (Lipinski definition) is 10. The van der Waals surface area contributed by atoms with Crippen LogP contribution in [0.4, 0.5) is 8.78 Å². The number of rotatable bonds is 8. The summed E-state index contributed by atoms with van der Waals surface area (Å²) in [5.41, 5.74) is 2.29. The molecule has 5 rings (SSSR count). The third kappa shape index (κ3) is 6.99. The van der Waals surface area contributed by atoms with Crippen molar-refractivity contribution in [1.82, 2.24) is 20.9 Å². The van der Waals surface area contributed by atoms with Crippen molar-refractivity contribution in [1.29, 1.82) is 0 Å². The van der Waals surface area contributed by atoms with E-state index in [9.17, 15) is 18.4 Å². The highest BCUT2D eigenvalue weighted by atomic mass is 35.5. The number of amidine groups is 1. The van der Waals surface area contributed by atoms with Crippen molar-refractivity contribution in [3.8, 4) is 0 Å². The first-order valence-corrected chi connectivity index (χ1v) is 15.3. The molecular formula is C31H27Cl2F2N5O4S. The Morgan fingerprint density at radius 2 is 1.58 bits per heavy atom. The lowest BCUT2D eigenvalue weighted by molar-refractivity contribution is -0.137. The zero-order valence-corrected chi connectivity index (χ0v) is 26.5. The van der Waals surface area contributed by atoms with E-state index in [0.717, 1.165) is 6.07 Å². The standard InChI is InChI=1S/C31H27Cl2F2N5O4S/c1-15-24(29(41)43-2)26(18-9-7-16(34)12-20(18)32)40-31(37-15)45-14-23-25(30(42)44-3)27(19-10-8-17(35)13-21(19)33)39-28(38-23)22-6-4-5-11-36-22/h4-13,26-27,31,37,40H,14H2,1-3H3,(H,38,39)/t26-,27?,31?/m1/s1. The second-order valence-electron chi connectivity index (χ2n) is 9.90. The van der Waals surface area contributed by atoms with Crippen LogP contribution in [0.5, 0.6) is 0 Å². The van der Waals surface area contributed by atoms with Crippen molar-refractivity contribution in [2.24, 2.45) is 4.99 Å². The van der Waals surface area contributed by atoms with Crippen LogP contribution in [0.3, 0.4) is 0 Å². The summed E-state index contributed by atoms with van der Waals surface area (Å²) in [7, 11) is 2.53. The molecule has 2 aromatic carbocycles. The maximum Gasteiger partial charge on any atom is 0.338 e. The molecule has 14 heteroatoms. The van der Waals surface area contributed by atoms with Crippen LogP contribution in [0.2, 0.25) is 10.0 Å². The number of pyridine rings is 1. The monoisotopic (exact) mass is 673 g/mol. The zero-order valence-electron chi connectivity index (χ0n) is 24.2. The summed E-state index contributed by atoms with van der Waals surface area (Å²) in [6.45, 7) is 1.72. The summed E-state index contributed by atoms with van der Waals surface area (Å²) >= 11 is 14.2. The number of benzene rings is 2. The number of aliphatic imine (C=N–C) groups is 1. The Kier molecular flexibility index (Phi) is 10.1. The molecule has 2 aliphatic heterocycles. The summed E-state index contributed by atoms with van der Waals surface area (Å²) in [6.07, 6.45) is 1.61. The van der Waals surface area contributed by atoms with Crippen LogP contribution in [0.1, 0.15) is 35.8 Å². The van der Waals surface area contributed by atoms with Gasteiger partial charge in [-0.2, -0.15) is 0 Å². The summed E-state index contributed by atoms with van der Waals surface area (Å²) in [4.78, 5) is 35.2. The lowest BCUT2D eigenvalue weighted by Crippen LogP contribution is -2.48. The Labute approximate surface area is 272 Å². The average Bonchev–Trinajstić information content (AvgIpc) is 3.03. The number of hydrogen-bond donors (Lipinski definition) is 3. The molecule has 0 bridgehead atoms. The summed E-state index contributed by atoms with van der Waals surface area (Å²) in [6, 6.07) is 11.4. The fourth-order valence-corrected chi connectivity index (χ4v) is 6.63. The molecule has 45 heavy (non-hydrogen) atoms. The highest BCUT2D eigenvalue weighted by molar-refractivity contribution is 8.00. The van der Waals surface area contributed by atoms with Crippen molar-refractivity contribution >= 4 is 52.7 Å². The Morgan fingerprint density at radius 3 is 2.18 bits per heavy atom. The first kappa shape index (κ1) is 32.4. The highest BCUT2D eigenvalue weighted by Crippen LogP contribution is 2.39. The second kappa shape index (κ2) is 14.0. The molecule has 3 aromatic rings. The van der Waals surface area contributed by atoms with Crippen molar-refractivity contribution in [3.63, 3.8) is 0 Å². The van der Waals surface area contributed by atoms with E-state index in [2.05, 4.69) is 20.9 Å². The van der Waals surface area contributed by atoms with Gasteiger partial charge in [-0.1, -0.05) is 41.4 Å². The molecule has 0 radical (unpaired) electrons. The SMILES string of the molecule is COC(=O)C1=C(CSC2NC(C)=C(C(=O)OC)[C@@H](c3ccc(F)cc3Cl)N2)NC(c2ccccn2)=NC1c1ccc(F)cc1Cl. The van der Waals surface area contributed by atoms with Gasteiger partial charge >= 0.3 is 11.9 Å². The molecule has 0 saturated heterocycles. The van der Waals surface area contributed by atoms with Gasteiger partial charge < -0.3 is 20.1 Å². The first-order valence-electron chi connectivity index (χ1n) is 13.5. The zero-order chi connectivity index (χ0) is 32.2. The number of carbonyl (C=O) groups excluding carboxylic acids is 2. The predicted octanol–water partition coefficient (Wildman–Crippen LogP) is 5.58. The minimum atomic E-state index is -0.940. The van der Waals surface area contributed by atoms with E-state index in [4.69, 9.17) is 37.7 Å². The number of methoxy groups -OCH3 is 2. The molecule has 234 valence electrons. The van der Waals surface area contributed by atoms with Gasteiger partial charge in [-0.3, -0.25) is 15.3 Å². The normalized spacial score (nSPS) is 19.8. The average molecular weight is 675 g/mol. The van der Waals surface area contributed by atoms with Crippen molar-refractivity contribution in [2.45, 2.75) is 24.5 Å². The van der Waals surface area contributed by atoms with Gasteiger partial charge in [0.25, 0.3) is 0 Å².